The summed E-state index contributed by atoms with van der Waals surface area (Å²) in [4.78, 5) is 24.9. The number of carbonyl (C=O) groups excluding carboxylic acids is 2. The van der Waals surface area contributed by atoms with Gasteiger partial charge >= 0.3 is 29.5 Å². The summed E-state index contributed by atoms with van der Waals surface area (Å²) in [5, 5.41) is 0. The average molecular weight is 759 g/mol. The van der Waals surface area contributed by atoms with Gasteiger partial charge in [0.25, 0.3) is 0 Å². The number of esters is 2. The van der Waals surface area contributed by atoms with E-state index in [-0.39, 0.29) is 11.9 Å². The topological polar surface area (TPSA) is 108 Å². The van der Waals surface area contributed by atoms with Crippen molar-refractivity contribution in [2.45, 2.75) is 98.6 Å². The van der Waals surface area contributed by atoms with Crippen molar-refractivity contribution in [1.29, 1.82) is 0 Å². The molecule has 1 heterocycles. The van der Waals surface area contributed by atoms with E-state index in [1.54, 1.807) is 23.5 Å². The Labute approximate surface area is 302 Å². The van der Waals surface area contributed by atoms with Gasteiger partial charge in [-0.15, -0.1) is 0 Å². The third kappa shape index (κ3) is 20.0. The van der Waals surface area contributed by atoms with Crippen LogP contribution in [0.1, 0.15) is 86.5 Å². The predicted octanol–water partition coefficient (Wildman–Crippen LogP) is 6.20. The molecule has 48 heavy (non-hydrogen) atoms. The van der Waals surface area contributed by atoms with Crippen LogP contribution in [0.25, 0.3) is 0 Å². The van der Waals surface area contributed by atoms with Crippen molar-refractivity contribution in [3.8, 4) is 0 Å². The molecule has 0 N–H and O–H groups in total. The number of hydrogen-bond donors (Lipinski definition) is 0. The summed E-state index contributed by atoms with van der Waals surface area (Å²) in [6, 6.07) is 1.58. The number of rotatable bonds is 32. The minimum Gasteiger partial charge on any atom is -0.460 e. The van der Waals surface area contributed by atoms with E-state index in [1.807, 2.05) is 41.5 Å². The molecule has 284 valence electrons. The molecule has 15 heteroatoms. The molecule has 1 rings (SSSR count). The van der Waals surface area contributed by atoms with Crippen molar-refractivity contribution < 1.29 is 50.1 Å². The molecular formula is C33H68NO10S2Si2+. The average Bonchev–Trinajstić information content (AvgIpc) is 3.05. The zero-order valence-corrected chi connectivity index (χ0v) is 34.7. The zero-order chi connectivity index (χ0) is 35.4. The molecule has 1 aliphatic heterocycles. The first-order chi connectivity index (χ1) is 23.3. The van der Waals surface area contributed by atoms with E-state index < -0.39 is 17.6 Å². The second kappa shape index (κ2) is 28.4. The van der Waals surface area contributed by atoms with E-state index in [0.717, 1.165) is 91.4 Å². The summed E-state index contributed by atoms with van der Waals surface area (Å²) < 4.78 is 47.7. The molecule has 1 fully saturated rings. The molecule has 0 aromatic heterocycles. The van der Waals surface area contributed by atoms with Crippen molar-refractivity contribution in [2.75, 3.05) is 102 Å². The van der Waals surface area contributed by atoms with Crippen molar-refractivity contribution in [1.82, 2.24) is 0 Å². The van der Waals surface area contributed by atoms with E-state index in [1.165, 1.54) is 6.42 Å². The van der Waals surface area contributed by atoms with Gasteiger partial charge in [-0.2, -0.15) is 23.5 Å². The molecule has 0 unspecified atom stereocenters. The van der Waals surface area contributed by atoms with E-state index in [2.05, 4.69) is 0 Å². The molecule has 0 radical (unpaired) electrons. The number of thioether (sulfide) groups is 2. The summed E-state index contributed by atoms with van der Waals surface area (Å²) in [6.07, 6.45) is 6.18. The maximum atomic E-state index is 12.5. The van der Waals surface area contributed by atoms with Crippen LogP contribution in [-0.2, 0) is 45.6 Å². The number of hydrogen-bond acceptors (Lipinski definition) is 12. The lowest BCUT2D eigenvalue weighted by molar-refractivity contribution is -0.932. The highest BCUT2D eigenvalue weighted by Crippen LogP contribution is 2.22. The van der Waals surface area contributed by atoms with Crippen LogP contribution in [0.5, 0.6) is 0 Å². The zero-order valence-electron chi connectivity index (χ0n) is 31.0. The Kier molecular flexibility index (Phi) is 27.1. The smallest absolute Gasteiger partial charge is 0.460 e. The SMILES string of the molecule is CCO[Si](CCCSCCC(=O)OCC[N+]1(CCOC(=O)CCSCCC[Si](OCC)(OCC)OCC)CCCCC1)(OCC)OCC. The second-order valence-corrected chi connectivity index (χ2v) is 19.5. The number of quaternary nitrogens is 1. The highest BCUT2D eigenvalue weighted by atomic mass is 32.2. The first-order valence-corrected chi connectivity index (χ1v) is 24.6. The second-order valence-electron chi connectivity index (χ2n) is 11.6. The van der Waals surface area contributed by atoms with Gasteiger partial charge in [-0.25, -0.2) is 0 Å². The fourth-order valence-corrected chi connectivity index (χ4v) is 13.4. The first-order valence-electron chi connectivity index (χ1n) is 18.4. The molecule has 0 bridgehead atoms. The van der Waals surface area contributed by atoms with Crippen molar-refractivity contribution >= 4 is 53.1 Å². The molecule has 0 atom stereocenters. The lowest BCUT2D eigenvalue weighted by Gasteiger charge is -2.41. The minimum absolute atomic E-state index is 0.148. The summed E-state index contributed by atoms with van der Waals surface area (Å²) in [5.41, 5.74) is 0. The Morgan fingerprint density at radius 2 is 0.896 bits per heavy atom. The predicted molar refractivity (Wildman–Crippen MR) is 199 cm³/mol. The summed E-state index contributed by atoms with van der Waals surface area (Å²) in [7, 11) is -5.21. The lowest BCUT2D eigenvalue weighted by Crippen LogP contribution is -2.55. The largest absolute Gasteiger partial charge is 0.500 e. The van der Waals surface area contributed by atoms with Crippen LogP contribution in [0.3, 0.4) is 0 Å². The number of nitrogens with zero attached hydrogens (tertiary/aromatic N) is 1. The van der Waals surface area contributed by atoms with Gasteiger partial charge in [0, 0.05) is 63.2 Å². The fraction of sp³-hybridized carbons (Fsp3) is 0.939. The number of likely N-dealkylation sites (tertiary alicyclic amines) is 1. The van der Waals surface area contributed by atoms with E-state index >= 15 is 0 Å². The van der Waals surface area contributed by atoms with Gasteiger partial charge < -0.3 is 40.5 Å². The summed E-state index contributed by atoms with van der Waals surface area (Å²) in [5.74, 6) is 3.01. The van der Waals surface area contributed by atoms with E-state index in [9.17, 15) is 9.59 Å². The molecule has 11 nitrogen and oxygen atoms in total. The Bertz CT molecular complexity index is 735. The molecule has 0 amide bonds. The monoisotopic (exact) mass is 758 g/mol. The molecule has 1 aliphatic rings. The Hall–Kier alpha value is -0.206. The maximum Gasteiger partial charge on any atom is 0.500 e. The first kappa shape index (κ1) is 45.8. The van der Waals surface area contributed by atoms with Crippen molar-refractivity contribution in [3.63, 3.8) is 0 Å². The lowest BCUT2D eigenvalue weighted by atomic mass is 10.1. The van der Waals surface area contributed by atoms with Crippen molar-refractivity contribution in [3.05, 3.63) is 0 Å². The number of ether oxygens (including phenoxy) is 2. The van der Waals surface area contributed by atoms with Crippen LogP contribution >= 0.6 is 23.5 Å². The maximum absolute atomic E-state index is 12.5. The van der Waals surface area contributed by atoms with Gasteiger partial charge in [0.05, 0.1) is 25.9 Å². The Morgan fingerprint density at radius 1 is 0.542 bits per heavy atom. The van der Waals surface area contributed by atoms with Gasteiger partial charge in [-0.05, 0) is 85.2 Å². The molecule has 0 aromatic rings. The highest BCUT2D eigenvalue weighted by molar-refractivity contribution is 7.99. The number of carbonyl (C=O) groups is 2. The standard InChI is InChI=1S/C33H68NO10S2Si2/c1-7-39-47(40-8-2,41-9-3)30-16-26-45-28-18-32(35)37-24-22-34(20-14-13-15-21-34)23-25-38-33(36)19-29-46-27-17-31-48(42-10-4,43-11-5)44-12-6/h7-31H2,1-6H3/q+1. The van der Waals surface area contributed by atoms with Gasteiger partial charge in [-0.3, -0.25) is 9.59 Å². The minimum atomic E-state index is -2.60. The molecule has 0 saturated carbocycles. The summed E-state index contributed by atoms with van der Waals surface area (Å²) in [6.45, 7) is 19.7. The Morgan fingerprint density at radius 3 is 1.23 bits per heavy atom. The van der Waals surface area contributed by atoms with Crippen LogP contribution < -0.4 is 0 Å². The number of piperidine rings is 1. The fourth-order valence-electron chi connectivity index (χ4n) is 5.89. The third-order valence-electron chi connectivity index (χ3n) is 8.05. The normalized spacial score (nSPS) is 15.0. The molecule has 0 aromatic carbocycles. The molecular weight excluding hydrogens is 691 g/mol. The summed E-state index contributed by atoms with van der Waals surface area (Å²) >= 11 is 3.51. The molecule has 0 aliphatic carbocycles. The van der Waals surface area contributed by atoms with Crippen LogP contribution in [-0.4, -0.2) is 136 Å². The highest BCUT2D eigenvalue weighted by Gasteiger charge is 2.40. The molecule has 1 saturated heterocycles. The molecule has 0 spiro atoms. The van der Waals surface area contributed by atoms with Crippen LogP contribution in [0.2, 0.25) is 12.1 Å². The van der Waals surface area contributed by atoms with Crippen LogP contribution in [0.4, 0.5) is 0 Å². The Balaban J connectivity index is 2.29. The van der Waals surface area contributed by atoms with E-state index in [4.69, 9.17) is 36.0 Å². The van der Waals surface area contributed by atoms with Gasteiger partial charge in [0.2, 0.25) is 0 Å². The van der Waals surface area contributed by atoms with Crippen molar-refractivity contribution in [2.24, 2.45) is 0 Å². The quantitative estimate of drug-likeness (QED) is 0.0338. The van der Waals surface area contributed by atoms with Gasteiger partial charge in [-0.1, -0.05) is 0 Å². The van der Waals surface area contributed by atoms with Crippen LogP contribution in [0.15, 0.2) is 0 Å². The van der Waals surface area contributed by atoms with Crippen LogP contribution in [0, 0.1) is 0 Å². The van der Waals surface area contributed by atoms with Gasteiger partial charge in [0.1, 0.15) is 26.3 Å². The van der Waals surface area contributed by atoms with Gasteiger partial charge in [0.15, 0.2) is 0 Å². The van der Waals surface area contributed by atoms with E-state index in [0.29, 0.717) is 65.7 Å². The third-order valence-corrected chi connectivity index (χ3v) is 16.5.